The second-order valence-electron chi connectivity index (χ2n) is 3.02. The summed E-state index contributed by atoms with van der Waals surface area (Å²) in [6.45, 7) is 1.98. The summed E-state index contributed by atoms with van der Waals surface area (Å²) in [5.41, 5.74) is 1.08. The number of fused-ring (bicyclic) bond motifs is 1. The molecule has 1 aromatic carbocycles. The Labute approximate surface area is 96.6 Å². The van der Waals surface area contributed by atoms with Gasteiger partial charge in [0.2, 0.25) is 0 Å². The summed E-state index contributed by atoms with van der Waals surface area (Å²) < 4.78 is 0. The maximum atomic E-state index is 6.02. The lowest BCUT2D eigenvalue weighted by molar-refractivity contribution is 1.35. The zero-order chi connectivity index (χ0) is 10.3. The van der Waals surface area contributed by atoms with Crippen LogP contribution in [0.25, 0.3) is 10.8 Å². The van der Waals surface area contributed by atoms with Gasteiger partial charge in [-0.1, -0.05) is 40.9 Å². The second kappa shape index (κ2) is 3.58. The molecule has 0 atom stereocenters. The average molecular weight is 247 g/mol. The molecule has 0 saturated carbocycles. The third-order valence-electron chi connectivity index (χ3n) is 2.09. The van der Waals surface area contributed by atoms with Crippen LogP contribution in [0.5, 0.6) is 0 Å². The first kappa shape index (κ1) is 10.0. The Balaban J connectivity index is 3.00. The van der Waals surface area contributed by atoms with Gasteiger partial charge in [-0.25, -0.2) is 4.98 Å². The molecule has 0 radical (unpaired) electrons. The summed E-state index contributed by atoms with van der Waals surface area (Å²) in [7, 11) is 0. The van der Waals surface area contributed by atoms with Gasteiger partial charge in [-0.2, -0.15) is 0 Å². The number of hydrogen-bond donors (Lipinski definition) is 0. The van der Waals surface area contributed by atoms with E-state index in [9.17, 15) is 0 Å². The van der Waals surface area contributed by atoms with E-state index < -0.39 is 0 Å². The van der Waals surface area contributed by atoms with E-state index in [4.69, 9.17) is 34.8 Å². The van der Waals surface area contributed by atoms with E-state index in [1.807, 2.05) is 13.0 Å². The van der Waals surface area contributed by atoms with Crippen LogP contribution in [0.1, 0.15) is 5.56 Å². The van der Waals surface area contributed by atoms with E-state index in [-0.39, 0.29) is 0 Å². The van der Waals surface area contributed by atoms with E-state index >= 15 is 0 Å². The highest BCUT2D eigenvalue weighted by Crippen LogP contribution is 2.32. The molecule has 2 rings (SSSR count). The number of aryl methyl sites for hydroxylation is 1. The van der Waals surface area contributed by atoms with Gasteiger partial charge >= 0.3 is 0 Å². The topological polar surface area (TPSA) is 12.9 Å². The monoisotopic (exact) mass is 245 g/mol. The zero-order valence-corrected chi connectivity index (χ0v) is 9.58. The number of benzene rings is 1. The molecule has 0 unspecified atom stereocenters. The van der Waals surface area contributed by atoms with Crippen molar-refractivity contribution in [1.29, 1.82) is 0 Å². The fourth-order valence-corrected chi connectivity index (χ4v) is 2.23. The highest BCUT2D eigenvalue weighted by Gasteiger charge is 2.08. The third kappa shape index (κ3) is 1.56. The summed E-state index contributed by atoms with van der Waals surface area (Å²) in [4.78, 5) is 3.95. The SMILES string of the molecule is Cc1ccc(Cl)c2c(Cl)nc(Cl)cc12. The standard InChI is InChI=1S/C10H6Cl3N/c1-5-2-3-7(11)9-6(5)4-8(12)14-10(9)13/h2-4H,1H3. The summed E-state index contributed by atoms with van der Waals surface area (Å²) in [5.74, 6) is 0. The van der Waals surface area contributed by atoms with Gasteiger partial charge in [0, 0.05) is 5.39 Å². The Morgan fingerprint density at radius 3 is 2.57 bits per heavy atom. The highest BCUT2D eigenvalue weighted by molar-refractivity contribution is 6.42. The molecule has 0 N–H and O–H groups in total. The number of rotatable bonds is 0. The first-order valence-corrected chi connectivity index (χ1v) is 5.14. The number of halogens is 3. The van der Waals surface area contributed by atoms with Gasteiger partial charge in [-0.3, -0.25) is 0 Å². The molecule has 0 aliphatic heterocycles. The molecule has 0 spiro atoms. The normalized spacial score (nSPS) is 10.9. The first-order valence-electron chi connectivity index (χ1n) is 4.00. The van der Waals surface area contributed by atoms with Crippen LogP contribution < -0.4 is 0 Å². The molecule has 1 aromatic heterocycles. The lowest BCUT2D eigenvalue weighted by Gasteiger charge is -2.05. The number of aromatic nitrogens is 1. The molecular formula is C10H6Cl3N. The molecule has 0 aliphatic rings. The Hall–Kier alpha value is -0.500. The number of nitrogens with zero attached hydrogens (tertiary/aromatic N) is 1. The molecule has 0 saturated heterocycles. The molecule has 4 heteroatoms. The van der Waals surface area contributed by atoms with Crippen LogP contribution in [0.4, 0.5) is 0 Å². The van der Waals surface area contributed by atoms with Crippen molar-refractivity contribution in [3.8, 4) is 0 Å². The summed E-state index contributed by atoms with van der Waals surface area (Å²) in [5, 5.41) is 3.04. The van der Waals surface area contributed by atoms with Gasteiger partial charge in [0.15, 0.2) is 0 Å². The molecule has 0 aliphatic carbocycles. The van der Waals surface area contributed by atoms with Gasteiger partial charge in [-0.15, -0.1) is 0 Å². The van der Waals surface area contributed by atoms with Crippen molar-refractivity contribution >= 4 is 45.6 Å². The quantitative estimate of drug-likeness (QED) is 0.624. The Kier molecular flexibility index (Phi) is 2.56. The maximum Gasteiger partial charge on any atom is 0.140 e. The van der Waals surface area contributed by atoms with Gasteiger partial charge in [0.25, 0.3) is 0 Å². The van der Waals surface area contributed by atoms with Gasteiger partial charge < -0.3 is 0 Å². The van der Waals surface area contributed by atoms with Crippen molar-refractivity contribution in [1.82, 2.24) is 4.98 Å². The van der Waals surface area contributed by atoms with Crippen LogP contribution in [0.3, 0.4) is 0 Å². The fraction of sp³-hybridized carbons (Fsp3) is 0.100. The van der Waals surface area contributed by atoms with Crippen LogP contribution in [0.2, 0.25) is 15.3 Å². The van der Waals surface area contributed by atoms with E-state index in [2.05, 4.69) is 4.98 Å². The third-order valence-corrected chi connectivity index (χ3v) is 2.87. The van der Waals surface area contributed by atoms with Crippen LogP contribution in [0, 0.1) is 6.92 Å². The first-order chi connectivity index (χ1) is 6.59. The van der Waals surface area contributed by atoms with Crippen molar-refractivity contribution in [2.45, 2.75) is 6.92 Å². The zero-order valence-electron chi connectivity index (χ0n) is 7.31. The van der Waals surface area contributed by atoms with Crippen molar-refractivity contribution in [2.75, 3.05) is 0 Å². The van der Waals surface area contributed by atoms with Crippen LogP contribution in [-0.2, 0) is 0 Å². The van der Waals surface area contributed by atoms with E-state index in [1.165, 1.54) is 0 Å². The largest absolute Gasteiger partial charge is 0.224 e. The van der Waals surface area contributed by atoms with Crippen LogP contribution in [0.15, 0.2) is 18.2 Å². The average Bonchev–Trinajstić information content (AvgIpc) is 2.10. The minimum absolute atomic E-state index is 0.348. The van der Waals surface area contributed by atoms with Crippen molar-refractivity contribution in [3.05, 3.63) is 39.1 Å². The Morgan fingerprint density at radius 2 is 1.86 bits per heavy atom. The predicted molar refractivity (Wildman–Crippen MR) is 61.5 cm³/mol. The summed E-state index contributed by atoms with van der Waals surface area (Å²) in [6.07, 6.45) is 0. The van der Waals surface area contributed by atoms with Crippen LogP contribution in [-0.4, -0.2) is 4.98 Å². The van der Waals surface area contributed by atoms with E-state index in [1.54, 1.807) is 12.1 Å². The summed E-state index contributed by atoms with van der Waals surface area (Å²) >= 11 is 17.8. The summed E-state index contributed by atoms with van der Waals surface area (Å²) in [6, 6.07) is 5.50. The molecular weight excluding hydrogens is 240 g/mol. The number of pyridine rings is 1. The smallest absolute Gasteiger partial charge is 0.140 e. The molecule has 1 heterocycles. The minimum atomic E-state index is 0.348. The Morgan fingerprint density at radius 1 is 1.14 bits per heavy atom. The number of hydrogen-bond acceptors (Lipinski definition) is 1. The van der Waals surface area contributed by atoms with E-state index in [0.717, 1.165) is 16.3 Å². The maximum absolute atomic E-state index is 6.02. The van der Waals surface area contributed by atoms with Crippen molar-refractivity contribution in [3.63, 3.8) is 0 Å². The fourth-order valence-electron chi connectivity index (χ4n) is 1.39. The van der Waals surface area contributed by atoms with Crippen molar-refractivity contribution in [2.24, 2.45) is 0 Å². The highest BCUT2D eigenvalue weighted by atomic mass is 35.5. The van der Waals surface area contributed by atoms with Gasteiger partial charge in [0.1, 0.15) is 10.3 Å². The molecule has 1 nitrogen and oxygen atoms in total. The minimum Gasteiger partial charge on any atom is -0.224 e. The second-order valence-corrected chi connectivity index (χ2v) is 4.18. The Bertz CT molecular complexity index is 508. The van der Waals surface area contributed by atoms with Crippen LogP contribution >= 0.6 is 34.8 Å². The molecule has 14 heavy (non-hydrogen) atoms. The lowest BCUT2D eigenvalue weighted by atomic mass is 10.1. The molecule has 0 fully saturated rings. The van der Waals surface area contributed by atoms with Crippen molar-refractivity contribution < 1.29 is 0 Å². The molecule has 2 aromatic rings. The van der Waals surface area contributed by atoms with Gasteiger partial charge in [0.05, 0.1) is 5.02 Å². The lowest BCUT2D eigenvalue weighted by Crippen LogP contribution is -1.85. The molecule has 0 amide bonds. The molecule has 72 valence electrons. The van der Waals surface area contributed by atoms with E-state index in [0.29, 0.717) is 15.3 Å². The molecule has 0 bridgehead atoms. The van der Waals surface area contributed by atoms with Gasteiger partial charge in [-0.05, 0) is 30.0 Å². The predicted octanol–water partition coefficient (Wildman–Crippen LogP) is 4.50.